The van der Waals surface area contributed by atoms with Crippen LogP contribution in [0.1, 0.15) is 5.56 Å². The van der Waals surface area contributed by atoms with Crippen LogP contribution in [0.4, 0.5) is 22.6 Å². The molecule has 7 heteroatoms. The Morgan fingerprint density at radius 3 is 2.47 bits per heavy atom. The van der Waals surface area contributed by atoms with E-state index in [9.17, 15) is 17.6 Å². The van der Waals surface area contributed by atoms with Gasteiger partial charge in [0.05, 0.1) is 11.1 Å². The molecule has 2 aromatic rings. The first-order valence-corrected chi connectivity index (χ1v) is 5.33. The third-order valence-electron chi connectivity index (χ3n) is 2.14. The molecule has 1 aromatic heterocycles. The number of alkyl halides is 3. The van der Waals surface area contributed by atoms with E-state index in [1.54, 1.807) is 0 Å². The van der Waals surface area contributed by atoms with E-state index < -0.39 is 17.6 Å². The molecule has 2 rings (SSSR count). The van der Waals surface area contributed by atoms with Gasteiger partial charge in [-0.05, 0) is 18.2 Å². The Bertz CT molecular complexity index is 547. The molecule has 0 atom stereocenters. The fourth-order valence-corrected chi connectivity index (χ4v) is 1.96. The number of hydrogen-bond acceptors (Lipinski definition) is 3. The van der Waals surface area contributed by atoms with Crippen LogP contribution < -0.4 is 5.73 Å². The topological polar surface area (TPSA) is 38.9 Å². The number of aromatic nitrogens is 1. The van der Waals surface area contributed by atoms with Crippen molar-refractivity contribution in [1.82, 2.24) is 4.98 Å². The Morgan fingerprint density at radius 2 is 1.94 bits per heavy atom. The monoisotopic (exact) mass is 262 g/mol. The van der Waals surface area contributed by atoms with Crippen molar-refractivity contribution in [3.63, 3.8) is 0 Å². The summed E-state index contributed by atoms with van der Waals surface area (Å²) < 4.78 is 51.0. The molecule has 0 unspecified atom stereocenters. The number of anilines is 1. The zero-order valence-corrected chi connectivity index (χ0v) is 9.07. The third kappa shape index (κ3) is 2.23. The standard InChI is InChI=1S/C10H6F4N2S/c11-5-1-2-6(7(3-5)10(12,13)14)8-9(15)17-4-16-8/h1-4H,15H2. The summed E-state index contributed by atoms with van der Waals surface area (Å²) in [5.41, 5.74) is 5.60. The first-order valence-electron chi connectivity index (χ1n) is 4.45. The molecule has 0 bridgehead atoms. The van der Waals surface area contributed by atoms with E-state index in [2.05, 4.69) is 4.98 Å². The van der Waals surface area contributed by atoms with Crippen LogP contribution in [0.3, 0.4) is 0 Å². The van der Waals surface area contributed by atoms with Crippen LogP contribution in [0.25, 0.3) is 11.3 Å². The lowest BCUT2D eigenvalue weighted by atomic mass is 10.0. The van der Waals surface area contributed by atoms with Gasteiger partial charge in [0.25, 0.3) is 0 Å². The van der Waals surface area contributed by atoms with E-state index in [0.29, 0.717) is 6.07 Å². The lowest BCUT2D eigenvalue weighted by molar-refractivity contribution is -0.137. The summed E-state index contributed by atoms with van der Waals surface area (Å²) in [6.07, 6.45) is -4.65. The van der Waals surface area contributed by atoms with Crippen molar-refractivity contribution in [2.45, 2.75) is 6.18 Å². The highest BCUT2D eigenvalue weighted by Gasteiger charge is 2.35. The highest BCUT2D eigenvalue weighted by molar-refractivity contribution is 7.14. The highest BCUT2D eigenvalue weighted by Crippen LogP contribution is 2.39. The molecule has 0 aliphatic carbocycles. The molecule has 0 saturated carbocycles. The molecule has 1 heterocycles. The van der Waals surface area contributed by atoms with Crippen molar-refractivity contribution in [2.24, 2.45) is 0 Å². The molecule has 17 heavy (non-hydrogen) atoms. The fraction of sp³-hybridized carbons (Fsp3) is 0.100. The Balaban J connectivity index is 2.67. The summed E-state index contributed by atoms with van der Waals surface area (Å²) in [6, 6.07) is 2.42. The summed E-state index contributed by atoms with van der Waals surface area (Å²) >= 11 is 1.03. The molecule has 0 aliphatic rings. The number of benzene rings is 1. The van der Waals surface area contributed by atoms with Gasteiger partial charge >= 0.3 is 6.18 Å². The van der Waals surface area contributed by atoms with E-state index in [0.717, 1.165) is 23.5 Å². The second-order valence-corrected chi connectivity index (χ2v) is 4.14. The molecule has 0 amide bonds. The normalized spacial score (nSPS) is 11.8. The SMILES string of the molecule is Nc1scnc1-c1ccc(F)cc1C(F)(F)F. The first-order chi connectivity index (χ1) is 7.89. The summed E-state index contributed by atoms with van der Waals surface area (Å²) in [4.78, 5) is 3.76. The zero-order valence-electron chi connectivity index (χ0n) is 8.25. The summed E-state index contributed by atoms with van der Waals surface area (Å²) in [5, 5.41) is 0.169. The van der Waals surface area contributed by atoms with Crippen LogP contribution in [0, 0.1) is 5.82 Å². The van der Waals surface area contributed by atoms with Gasteiger partial charge in [-0.15, -0.1) is 11.3 Å². The largest absolute Gasteiger partial charge is 0.417 e. The fourth-order valence-electron chi connectivity index (χ4n) is 1.42. The number of halogens is 4. The molecule has 1 aromatic carbocycles. The van der Waals surface area contributed by atoms with E-state index in [-0.39, 0.29) is 16.3 Å². The molecule has 90 valence electrons. The maximum Gasteiger partial charge on any atom is 0.417 e. The van der Waals surface area contributed by atoms with Gasteiger partial charge in [-0.3, -0.25) is 0 Å². The predicted octanol–water partition coefficient (Wildman–Crippen LogP) is 3.55. The van der Waals surface area contributed by atoms with Crippen LogP contribution in [0.2, 0.25) is 0 Å². The van der Waals surface area contributed by atoms with E-state index >= 15 is 0 Å². The first kappa shape index (κ1) is 11.8. The average Bonchev–Trinajstić information content (AvgIpc) is 2.63. The van der Waals surface area contributed by atoms with E-state index in [1.165, 1.54) is 5.51 Å². The van der Waals surface area contributed by atoms with Crippen LogP contribution >= 0.6 is 11.3 Å². The van der Waals surface area contributed by atoms with Crippen molar-refractivity contribution in [2.75, 3.05) is 5.73 Å². The molecule has 0 fully saturated rings. The zero-order chi connectivity index (χ0) is 12.6. The van der Waals surface area contributed by atoms with Crippen molar-refractivity contribution in [1.29, 1.82) is 0 Å². The van der Waals surface area contributed by atoms with Crippen molar-refractivity contribution < 1.29 is 17.6 Å². The van der Waals surface area contributed by atoms with Crippen molar-refractivity contribution in [3.05, 3.63) is 35.1 Å². The predicted molar refractivity (Wildman–Crippen MR) is 56.9 cm³/mol. The van der Waals surface area contributed by atoms with Gasteiger partial charge in [-0.1, -0.05) is 0 Å². The molecule has 2 N–H and O–H groups in total. The molecular formula is C10H6F4N2S. The van der Waals surface area contributed by atoms with Crippen LogP contribution in [0.15, 0.2) is 23.7 Å². The Labute approximate surface area is 97.7 Å². The van der Waals surface area contributed by atoms with Gasteiger partial charge in [-0.25, -0.2) is 9.37 Å². The Hall–Kier alpha value is -1.63. The summed E-state index contributed by atoms with van der Waals surface area (Å²) in [7, 11) is 0. The summed E-state index contributed by atoms with van der Waals surface area (Å²) in [5.74, 6) is -0.949. The molecular weight excluding hydrogens is 256 g/mol. The molecule has 2 nitrogen and oxygen atoms in total. The number of nitrogen functional groups attached to an aromatic ring is 1. The van der Waals surface area contributed by atoms with Gasteiger partial charge in [0.2, 0.25) is 0 Å². The highest BCUT2D eigenvalue weighted by atomic mass is 32.1. The molecule has 0 spiro atoms. The van der Waals surface area contributed by atoms with Gasteiger partial charge in [0, 0.05) is 5.56 Å². The van der Waals surface area contributed by atoms with Gasteiger partial charge in [-0.2, -0.15) is 13.2 Å². The minimum atomic E-state index is -4.65. The molecule has 0 radical (unpaired) electrons. The lowest BCUT2D eigenvalue weighted by Gasteiger charge is -2.11. The molecule has 0 saturated heterocycles. The number of hydrogen-bond donors (Lipinski definition) is 1. The van der Waals surface area contributed by atoms with Crippen LogP contribution in [-0.2, 0) is 6.18 Å². The maximum atomic E-state index is 12.9. The molecule has 0 aliphatic heterocycles. The number of thiazole rings is 1. The Kier molecular flexibility index (Phi) is 2.78. The third-order valence-corrected chi connectivity index (χ3v) is 2.80. The number of nitrogens with zero attached hydrogens (tertiary/aromatic N) is 1. The van der Waals surface area contributed by atoms with E-state index in [4.69, 9.17) is 5.73 Å². The van der Waals surface area contributed by atoms with Crippen LogP contribution in [0.5, 0.6) is 0 Å². The quantitative estimate of drug-likeness (QED) is 0.798. The van der Waals surface area contributed by atoms with Crippen molar-refractivity contribution in [3.8, 4) is 11.3 Å². The van der Waals surface area contributed by atoms with E-state index in [1.807, 2.05) is 0 Å². The van der Waals surface area contributed by atoms with Crippen LogP contribution in [-0.4, -0.2) is 4.98 Å². The number of nitrogens with two attached hydrogens (primary N) is 1. The van der Waals surface area contributed by atoms with Gasteiger partial charge in [0.1, 0.15) is 16.5 Å². The minimum absolute atomic E-state index is 0.0299. The summed E-state index contributed by atoms with van der Waals surface area (Å²) in [6.45, 7) is 0. The second-order valence-electron chi connectivity index (χ2n) is 3.25. The Morgan fingerprint density at radius 1 is 1.24 bits per heavy atom. The van der Waals surface area contributed by atoms with Gasteiger partial charge < -0.3 is 5.73 Å². The lowest BCUT2D eigenvalue weighted by Crippen LogP contribution is -2.08. The smallest absolute Gasteiger partial charge is 0.389 e. The maximum absolute atomic E-state index is 12.9. The second kappa shape index (κ2) is 3.99. The average molecular weight is 262 g/mol. The van der Waals surface area contributed by atoms with Crippen molar-refractivity contribution >= 4 is 16.3 Å². The minimum Gasteiger partial charge on any atom is -0.389 e. The number of rotatable bonds is 1. The van der Waals surface area contributed by atoms with Gasteiger partial charge in [0.15, 0.2) is 0 Å².